The van der Waals surface area contributed by atoms with E-state index >= 15 is 0 Å². The van der Waals surface area contributed by atoms with Crippen molar-refractivity contribution in [2.75, 3.05) is 32.8 Å². The summed E-state index contributed by atoms with van der Waals surface area (Å²) in [5.41, 5.74) is 2.63. The fourth-order valence-electron chi connectivity index (χ4n) is 2.55. The molecule has 0 aliphatic carbocycles. The number of piperazine rings is 1. The van der Waals surface area contributed by atoms with E-state index in [2.05, 4.69) is 41.4 Å². The van der Waals surface area contributed by atoms with Crippen LogP contribution in [-0.4, -0.2) is 42.8 Å². The van der Waals surface area contributed by atoms with E-state index < -0.39 is 0 Å². The molecule has 0 aromatic heterocycles. The average Bonchev–Trinajstić information content (AvgIpc) is 2.37. The summed E-state index contributed by atoms with van der Waals surface area (Å²) < 4.78 is 0. The highest BCUT2D eigenvalue weighted by molar-refractivity contribution is 5.85. The molecule has 0 saturated carbocycles. The van der Waals surface area contributed by atoms with E-state index in [-0.39, 0.29) is 19.0 Å². The van der Waals surface area contributed by atoms with Gasteiger partial charge in [0.1, 0.15) is 0 Å². The molecule has 3 nitrogen and oxygen atoms in total. The normalized spacial score (nSPS) is 18.1. The molecular weight excluding hydrogens is 248 g/mol. The minimum atomic E-state index is 0. The van der Waals surface area contributed by atoms with Crippen LogP contribution < -0.4 is 5.32 Å². The maximum atomic E-state index is 9.26. The van der Waals surface area contributed by atoms with Gasteiger partial charge in [-0.15, -0.1) is 12.4 Å². The Morgan fingerprint density at radius 1 is 1.33 bits per heavy atom. The summed E-state index contributed by atoms with van der Waals surface area (Å²) in [6.07, 6.45) is 0.823. The maximum Gasteiger partial charge on any atom is 0.0449 e. The van der Waals surface area contributed by atoms with E-state index in [0.29, 0.717) is 6.04 Å². The van der Waals surface area contributed by atoms with E-state index in [1.807, 2.05) is 0 Å². The van der Waals surface area contributed by atoms with Gasteiger partial charge in [0.2, 0.25) is 0 Å². The molecule has 0 spiro atoms. The van der Waals surface area contributed by atoms with E-state index in [1.54, 1.807) is 0 Å². The molecule has 18 heavy (non-hydrogen) atoms. The van der Waals surface area contributed by atoms with Crippen molar-refractivity contribution >= 4 is 12.4 Å². The van der Waals surface area contributed by atoms with Crippen LogP contribution in [0.3, 0.4) is 0 Å². The van der Waals surface area contributed by atoms with E-state index in [4.69, 9.17) is 0 Å². The molecule has 1 fully saturated rings. The highest BCUT2D eigenvalue weighted by Gasteiger charge is 2.21. The topological polar surface area (TPSA) is 35.5 Å². The molecule has 0 unspecified atom stereocenters. The molecule has 4 heteroatoms. The molecule has 1 saturated heterocycles. The Labute approximate surface area is 116 Å². The summed E-state index contributed by atoms with van der Waals surface area (Å²) in [7, 11) is 0. The zero-order valence-corrected chi connectivity index (χ0v) is 11.7. The number of hydrogen-bond donors (Lipinski definition) is 2. The molecule has 2 N–H and O–H groups in total. The highest BCUT2D eigenvalue weighted by atomic mass is 35.5. The highest BCUT2D eigenvalue weighted by Crippen LogP contribution is 2.25. The number of aliphatic hydroxyl groups is 1. The van der Waals surface area contributed by atoms with E-state index in [1.165, 1.54) is 11.1 Å². The van der Waals surface area contributed by atoms with Crippen LogP contribution >= 0.6 is 12.4 Å². The first-order chi connectivity index (χ1) is 8.31. The lowest BCUT2D eigenvalue weighted by Crippen LogP contribution is -2.45. The largest absolute Gasteiger partial charge is 0.396 e. The second kappa shape index (κ2) is 7.74. The van der Waals surface area contributed by atoms with Gasteiger partial charge in [-0.05, 0) is 18.9 Å². The Kier molecular flexibility index (Phi) is 6.65. The Morgan fingerprint density at radius 3 is 2.67 bits per heavy atom. The van der Waals surface area contributed by atoms with Gasteiger partial charge in [0.25, 0.3) is 0 Å². The van der Waals surface area contributed by atoms with Crippen LogP contribution in [-0.2, 0) is 0 Å². The van der Waals surface area contributed by atoms with Gasteiger partial charge in [0, 0.05) is 38.8 Å². The summed E-state index contributed by atoms with van der Waals surface area (Å²) in [5, 5.41) is 12.6. The monoisotopic (exact) mass is 270 g/mol. The van der Waals surface area contributed by atoms with Crippen molar-refractivity contribution in [2.45, 2.75) is 19.4 Å². The quantitative estimate of drug-likeness (QED) is 0.875. The van der Waals surface area contributed by atoms with Crippen LogP contribution in [0, 0.1) is 6.92 Å². The average molecular weight is 271 g/mol. The van der Waals surface area contributed by atoms with Crippen molar-refractivity contribution in [3.63, 3.8) is 0 Å². The molecule has 0 radical (unpaired) electrons. The first-order valence-electron chi connectivity index (χ1n) is 6.43. The van der Waals surface area contributed by atoms with Gasteiger partial charge < -0.3 is 10.4 Å². The van der Waals surface area contributed by atoms with Crippen LogP contribution in [0.4, 0.5) is 0 Å². The minimum Gasteiger partial charge on any atom is -0.396 e. The molecule has 1 aliphatic heterocycles. The van der Waals surface area contributed by atoms with Crippen LogP contribution in [0.15, 0.2) is 24.3 Å². The van der Waals surface area contributed by atoms with Crippen LogP contribution in [0.1, 0.15) is 23.6 Å². The van der Waals surface area contributed by atoms with Gasteiger partial charge in [-0.3, -0.25) is 4.90 Å². The third-order valence-corrected chi connectivity index (χ3v) is 3.42. The Hall–Kier alpha value is -0.610. The standard InChI is InChI=1S/C14H22N2O.ClH/c1-12-3-2-4-13(11-12)14(5-10-17)16-8-6-15-7-9-16;/h2-4,11,14-15,17H,5-10H2,1H3;1H/t14-;/m1./s1. The molecule has 0 amide bonds. The lowest BCUT2D eigenvalue weighted by atomic mass is 10.00. The third kappa shape index (κ3) is 3.95. The lowest BCUT2D eigenvalue weighted by Gasteiger charge is -2.35. The molecule has 1 aliphatic rings. The Bertz CT molecular complexity index is 353. The number of benzene rings is 1. The first-order valence-corrected chi connectivity index (χ1v) is 6.43. The van der Waals surface area contributed by atoms with Gasteiger partial charge in [0.05, 0.1) is 0 Å². The third-order valence-electron chi connectivity index (χ3n) is 3.42. The van der Waals surface area contributed by atoms with Crippen LogP contribution in [0.2, 0.25) is 0 Å². The number of rotatable bonds is 4. The number of nitrogens with one attached hydrogen (secondary N) is 1. The Morgan fingerprint density at radius 2 is 2.06 bits per heavy atom. The number of aryl methyl sites for hydroxylation is 1. The lowest BCUT2D eigenvalue weighted by molar-refractivity contribution is 0.141. The molecule has 1 heterocycles. The molecular formula is C14H23ClN2O. The summed E-state index contributed by atoms with van der Waals surface area (Å²) in [6, 6.07) is 9.01. The van der Waals surface area contributed by atoms with E-state index in [0.717, 1.165) is 32.6 Å². The van der Waals surface area contributed by atoms with Gasteiger partial charge >= 0.3 is 0 Å². The van der Waals surface area contributed by atoms with Crippen molar-refractivity contribution in [1.82, 2.24) is 10.2 Å². The molecule has 0 bridgehead atoms. The van der Waals surface area contributed by atoms with Crippen molar-refractivity contribution in [3.05, 3.63) is 35.4 Å². The fourth-order valence-corrected chi connectivity index (χ4v) is 2.55. The first kappa shape index (κ1) is 15.4. The number of hydrogen-bond acceptors (Lipinski definition) is 3. The summed E-state index contributed by atoms with van der Waals surface area (Å²) >= 11 is 0. The van der Waals surface area contributed by atoms with Crippen molar-refractivity contribution < 1.29 is 5.11 Å². The van der Waals surface area contributed by atoms with Crippen LogP contribution in [0.5, 0.6) is 0 Å². The van der Waals surface area contributed by atoms with Crippen molar-refractivity contribution in [2.24, 2.45) is 0 Å². The predicted octanol–water partition coefficient (Wildman–Crippen LogP) is 1.75. The van der Waals surface area contributed by atoms with Crippen molar-refractivity contribution in [1.29, 1.82) is 0 Å². The van der Waals surface area contributed by atoms with Gasteiger partial charge in [-0.2, -0.15) is 0 Å². The predicted molar refractivity (Wildman–Crippen MR) is 77.3 cm³/mol. The summed E-state index contributed by atoms with van der Waals surface area (Å²) in [5.74, 6) is 0. The molecule has 2 rings (SSSR count). The molecule has 102 valence electrons. The van der Waals surface area contributed by atoms with E-state index in [9.17, 15) is 5.11 Å². The second-order valence-corrected chi connectivity index (χ2v) is 4.73. The van der Waals surface area contributed by atoms with Crippen LogP contribution in [0.25, 0.3) is 0 Å². The SMILES string of the molecule is Cc1cccc([C@@H](CCO)N2CCNCC2)c1.Cl. The molecule has 1 atom stereocenters. The summed E-state index contributed by atoms with van der Waals surface area (Å²) in [4.78, 5) is 2.47. The molecule has 1 aromatic rings. The number of halogens is 1. The Balaban J connectivity index is 0.00000162. The van der Waals surface area contributed by atoms with Gasteiger partial charge in [-0.25, -0.2) is 0 Å². The second-order valence-electron chi connectivity index (χ2n) is 4.73. The smallest absolute Gasteiger partial charge is 0.0449 e. The van der Waals surface area contributed by atoms with Crippen molar-refractivity contribution in [3.8, 4) is 0 Å². The molecule has 1 aromatic carbocycles. The number of nitrogens with zero attached hydrogens (tertiary/aromatic N) is 1. The fraction of sp³-hybridized carbons (Fsp3) is 0.571. The maximum absolute atomic E-state index is 9.26. The zero-order valence-electron chi connectivity index (χ0n) is 10.9. The zero-order chi connectivity index (χ0) is 12.1. The number of aliphatic hydroxyl groups excluding tert-OH is 1. The minimum absolute atomic E-state index is 0. The van der Waals surface area contributed by atoms with Gasteiger partial charge in [-0.1, -0.05) is 29.8 Å². The van der Waals surface area contributed by atoms with Gasteiger partial charge in [0.15, 0.2) is 0 Å². The summed E-state index contributed by atoms with van der Waals surface area (Å²) in [6.45, 7) is 6.61.